The normalized spacial score (nSPS) is 26.8. The van der Waals surface area contributed by atoms with Gasteiger partial charge >= 0.3 is 0 Å². The van der Waals surface area contributed by atoms with E-state index in [4.69, 9.17) is 0 Å². The molecule has 0 atom stereocenters. The maximum Gasteiger partial charge on any atom is 0.0117 e. The Kier molecular flexibility index (Phi) is 4.90. The molecule has 0 radical (unpaired) electrons. The van der Waals surface area contributed by atoms with Crippen molar-refractivity contribution in [2.24, 2.45) is 5.41 Å². The molecule has 2 rings (SSSR count). The van der Waals surface area contributed by atoms with Crippen molar-refractivity contribution in [1.29, 1.82) is 0 Å². The highest BCUT2D eigenvalue weighted by molar-refractivity contribution is 9.09. The van der Waals surface area contributed by atoms with Crippen molar-refractivity contribution in [2.75, 3.05) is 39.1 Å². The van der Waals surface area contributed by atoms with Crippen molar-refractivity contribution in [1.82, 2.24) is 9.80 Å². The molecule has 0 aromatic heterocycles. The average molecular weight is 303 g/mol. The van der Waals surface area contributed by atoms with Crippen LogP contribution in [0.15, 0.2) is 0 Å². The molecule has 2 fully saturated rings. The van der Waals surface area contributed by atoms with E-state index in [1.165, 1.54) is 63.5 Å². The van der Waals surface area contributed by atoms with Crippen LogP contribution in [0.4, 0.5) is 0 Å². The van der Waals surface area contributed by atoms with E-state index in [2.05, 4.69) is 39.8 Å². The summed E-state index contributed by atoms with van der Waals surface area (Å²) in [5.41, 5.74) is 0.581. The van der Waals surface area contributed by atoms with Gasteiger partial charge in [0.05, 0.1) is 0 Å². The first-order valence-electron chi connectivity index (χ1n) is 7.10. The SMILES string of the molecule is CN1CCC(N(C)CC2(CBr)CCCC2)CC1. The second-order valence-corrected chi connectivity index (χ2v) is 6.85. The lowest BCUT2D eigenvalue weighted by Gasteiger charge is -2.39. The number of hydrogen-bond donors (Lipinski definition) is 0. The number of likely N-dealkylation sites (tertiary alicyclic amines) is 1. The second kappa shape index (κ2) is 6.03. The molecule has 0 unspecified atom stereocenters. The van der Waals surface area contributed by atoms with Gasteiger partial charge in [-0.2, -0.15) is 0 Å². The van der Waals surface area contributed by atoms with E-state index in [9.17, 15) is 0 Å². The highest BCUT2D eigenvalue weighted by Crippen LogP contribution is 2.40. The number of alkyl halides is 1. The van der Waals surface area contributed by atoms with Gasteiger partial charge in [0, 0.05) is 17.9 Å². The lowest BCUT2D eigenvalue weighted by atomic mass is 9.87. The summed E-state index contributed by atoms with van der Waals surface area (Å²) in [7, 11) is 4.59. The van der Waals surface area contributed by atoms with Crippen LogP contribution in [0.5, 0.6) is 0 Å². The lowest BCUT2D eigenvalue weighted by molar-refractivity contribution is 0.104. The fourth-order valence-electron chi connectivity index (χ4n) is 3.55. The summed E-state index contributed by atoms with van der Waals surface area (Å²) in [6.07, 6.45) is 8.43. The minimum absolute atomic E-state index is 0.581. The largest absolute Gasteiger partial charge is 0.306 e. The topological polar surface area (TPSA) is 6.48 Å². The lowest BCUT2D eigenvalue weighted by Crippen LogP contribution is -2.46. The molecule has 3 heteroatoms. The minimum atomic E-state index is 0.581. The molecule has 1 saturated carbocycles. The van der Waals surface area contributed by atoms with E-state index >= 15 is 0 Å². The van der Waals surface area contributed by atoms with E-state index in [0.717, 1.165) is 6.04 Å². The Morgan fingerprint density at radius 3 is 2.35 bits per heavy atom. The van der Waals surface area contributed by atoms with Crippen LogP contribution >= 0.6 is 15.9 Å². The standard InChI is InChI=1S/C14H27BrN2/c1-16-9-5-13(6-10-16)17(2)12-14(11-15)7-3-4-8-14/h13H,3-12H2,1-2H3. The van der Waals surface area contributed by atoms with Crippen LogP contribution in [-0.4, -0.2) is 54.9 Å². The molecular weight excluding hydrogens is 276 g/mol. The highest BCUT2D eigenvalue weighted by Gasteiger charge is 2.35. The second-order valence-electron chi connectivity index (χ2n) is 6.29. The van der Waals surface area contributed by atoms with Gasteiger partial charge in [-0.1, -0.05) is 28.8 Å². The summed E-state index contributed by atoms with van der Waals surface area (Å²) < 4.78 is 0. The predicted octanol–water partition coefficient (Wildman–Crippen LogP) is 2.97. The number of halogens is 1. The fraction of sp³-hybridized carbons (Fsp3) is 1.00. The molecule has 1 saturated heterocycles. The number of hydrogen-bond acceptors (Lipinski definition) is 2. The summed E-state index contributed by atoms with van der Waals surface area (Å²) in [6, 6.07) is 0.822. The van der Waals surface area contributed by atoms with Crippen LogP contribution in [0.3, 0.4) is 0 Å². The Hall–Kier alpha value is 0.400. The zero-order valence-electron chi connectivity index (χ0n) is 11.4. The van der Waals surface area contributed by atoms with Gasteiger partial charge in [-0.15, -0.1) is 0 Å². The zero-order valence-corrected chi connectivity index (χ0v) is 13.0. The van der Waals surface area contributed by atoms with Crippen LogP contribution in [0.2, 0.25) is 0 Å². The van der Waals surface area contributed by atoms with E-state index in [-0.39, 0.29) is 0 Å². The molecule has 100 valence electrons. The molecule has 1 aliphatic carbocycles. The summed E-state index contributed by atoms with van der Waals surface area (Å²) in [6.45, 7) is 3.85. The molecule has 1 aliphatic heterocycles. The summed E-state index contributed by atoms with van der Waals surface area (Å²) in [5.74, 6) is 0. The van der Waals surface area contributed by atoms with Crippen LogP contribution < -0.4 is 0 Å². The quantitative estimate of drug-likeness (QED) is 0.737. The van der Waals surface area contributed by atoms with Crippen molar-refractivity contribution in [3.8, 4) is 0 Å². The highest BCUT2D eigenvalue weighted by atomic mass is 79.9. The van der Waals surface area contributed by atoms with Crippen molar-refractivity contribution in [3.05, 3.63) is 0 Å². The van der Waals surface area contributed by atoms with E-state index < -0.39 is 0 Å². The molecule has 0 amide bonds. The Bertz CT molecular complexity index is 230. The molecule has 0 aromatic carbocycles. The number of nitrogens with zero attached hydrogens (tertiary/aromatic N) is 2. The predicted molar refractivity (Wildman–Crippen MR) is 77.8 cm³/mol. The third-order valence-electron chi connectivity index (χ3n) is 4.84. The Balaban J connectivity index is 1.85. The number of rotatable bonds is 4. The molecule has 0 N–H and O–H groups in total. The maximum atomic E-state index is 3.76. The van der Waals surface area contributed by atoms with Gasteiger partial charge in [0.2, 0.25) is 0 Å². The van der Waals surface area contributed by atoms with Gasteiger partial charge < -0.3 is 9.80 Å². The molecule has 2 nitrogen and oxygen atoms in total. The first kappa shape index (κ1) is 13.8. The first-order chi connectivity index (χ1) is 8.15. The third-order valence-corrected chi connectivity index (χ3v) is 6.03. The Morgan fingerprint density at radius 2 is 1.82 bits per heavy atom. The van der Waals surface area contributed by atoms with Gasteiger partial charge in [0.15, 0.2) is 0 Å². The average Bonchev–Trinajstić information content (AvgIpc) is 2.79. The van der Waals surface area contributed by atoms with Crippen LogP contribution in [0.1, 0.15) is 38.5 Å². The molecule has 0 aromatic rings. The summed E-state index contributed by atoms with van der Waals surface area (Å²) in [4.78, 5) is 5.11. The van der Waals surface area contributed by atoms with Gasteiger partial charge in [-0.05, 0) is 58.3 Å². The van der Waals surface area contributed by atoms with Crippen LogP contribution in [-0.2, 0) is 0 Å². The van der Waals surface area contributed by atoms with E-state index in [1.807, 2.05) is 0 Å². The molecule has 0 spiro atoms. The molecule has 0 bridgehead atoms. The van der Waals surface area contributed by atoms with Gasteiger partial charge in [0.25, 0.3) is 0 Å². The van der Waals surface area contributed by atoms with Gasteiger partial charge in [-0.3, -0.25) is 0 Å². The maximum absolute atomic E-state index is 3.76. The number of piperidine rings is 1. The van der Waals surface area contributed by atoms with Crippen molar-refractivity contribution < 1.29 is 0 Å². The van der Waals surface area contributed by atoms with Crippen LogP contribution in [0.25, 0.3) is 0 Å². The molecule has 2 aliphatic rings. The van der Waals surface area contributed by atoms with Crippen molar-refractivity contribution in [3.63, 3.8) is 0 Å². The first-order valence-corrected chi connectivity index (χ1v) is 8.22. The Labute approximate surface area is 115 Å². The zero-order chi connectivity index (χ0) is 12.3. The van der Waals surface area contributed by atoms with Crippen LogP contribution in [0, 0.1) is 5.41 Å². The summed E-state index contributed by atoms with van der Waals surface area (Å²) in [5, 5.41) is 1.19. The van der Waals surface area contributed by atoms with Gasteiger partial charge in [0.1, 0.15) is 0 Å². The minimum Gasteiger partial charge on any atom is -0.306 e. The molecular formula is C14H27BrN2. The van der Waals surface area contributed by atoms with E-state index in [0.29, 0.717) is 5.41 Å². The Morgan fingerprint density at radius 1 is 1.24 bits per heavy atom. The van der Waals surface area contributed by atoms with Crippen molar-refractivity contribution in [2.45, 2.75) is 44.6 Å². The third kappa shape index (κ3) is 3.45. The van der Waals surface area contributed by atoms with E-state index in [1.54, 1.807) is 0 Å². The van der Waals surface area contributed by atoms with Crippen molar-refractivity contribution >= 4 is 15.9 Å². The monoisotopic (exact) mass is 302 g/mol. The smallest absolute Gasteiger partial charge is 0.0117 e. The molecule has 17 heavy (non-hydrogen) atoms. The fourth-order valence-corrected chi connectivity index (χ4v) is 4.29. The molecule has 1 heterocycles. The summed E-state index contributed by atoms with van der Waals surface area (Å²) >= 11 is 3.76. The van der Waals surface area contributed by atoms with Gasteiger partial charge in [-0.25, -0.2) is 0 Å².